The Kier molecular flexibility index (Phi) is 4.55. The lowest BCUT2D eigenvalue weighted by Crippen LogP contribution is -2.62. The van der Waals surface area contributed by atoms with Gasteiger partial charge in [-0.1, -0.05) is 12.8 Å². The molecule has 4 heteroatoms. The second-order valence-electron chi connectivity index (χ2n) is 6.47. The molecule has 0 aliphatic heterocycles. The summed E-state index contributed by atoms with van der Waals surface area (Å²) in [5, 5.41) is 3.77. The third-order valence-corrected chi connectivity index (χ3v) is 5.42. The minimum Gasteiger partial charge on any atom is -0.378 e. The van der Waals surface area contributed by atoms with Crippen LogP contribution in [0.3, 0.4) is 0 Å². The second-order valence-corrected chi connectivity index (χ2v) is 6.47. The van der Waals surface area contributed by atoms with E-state index in [1.54, 1.807) is 12.4 Å². The fourth-order valence-electron chi connectivity index (χ4n) is 4.22. The number of nitrogens with one attached hydrogen (secondary N) is 1. The maximum atomic E-state index is 5.97. The van der Waals surface area contributed by atoms with Crippen LogP contribution in [0.15, 0.2) is 12.4 Å². The zero-order chi connectivity index (χ0) is 14.7. The number of hydrogen-bond acceptors (Lipinski definition) is 4. The molecule has 0 bridgehead atoms. The first-order chi connectivity index (χ1) is 10.3. The lowest BCUT2D eigenvalue weighted by Gasteiger charge is -2.54. The van der Waals surface area contributed by atoms with Crippen LogP contribution in [0.2, 0.25) is 0 Å². The highest BCUT2D eigenvalue weighted by atomic mass is 16.5. The van der Waals surface area contributed by atoms with E-state index in [-0.39, 0.29) is 0 Å². The van der Waals surface area contributed by atoms with Gasteiger partial charge < -0.3 is 10.1 Å². The minimum absolute atomic E-state index is 0.424. The van der Waals surface area contributed by atoms with Crippen molar-refractivity contribution in [2.24, 2.45) is 5.41 Å². The van der Waals surface area contributed by atoms with Crippen LogP contribution in [0.5, 0.6) is 0 Å². The molecule has 0 radical (unpaired) electrons. The molecule has 4 nitrogen and oxygen atoms in total. The molecule has 2 unspecified atom stereocenters. The van der Waals surface area contributed by atoms with Gasteiger partial charge in [-0.25, -0.2) is 0 Å². The maximum Gasteiger partial charge on any atom is 0.0661 e. The van der Waals surface area contributed by atoms with Crippen LogP contribution in [0, 0.1) is 12.3 Å². The van der Waals surface area contributed by atoms with Gasteiger partial charge >= 0.3 is 0 Å². The highest BCUT2D eigenvalue weighted by molar-refractivity contribution is 5.11. The average Bonchev–Trinajstić information content (AvgIpc) is 3.00. The molecule has 21 heavy (non-hydrogen) atoms. The smallest absolute Gasteiger partial charge is 0.0661 e. The van der Waals surface area contributed by atoms with E-state index < -0.39 is 0 Å². The lowest BCUT2D eigenvalue weighted by molar-refractivity contribution is -0.130. The summed E-state index contributed by atoms with van der Waals surface area (Å²) in [5.41, 5.74) is 2.59. The Morgan fingerprint density at radius 2 is 2.05 bits per heavy atom. The molecule has 116 valence electrons. The van der Waals surface area contributed by atoms with Crippen LogP contribution < -0.4 is 5.32 Å². The number of aromatic nitrogens is 2. The van der Waals surface area contributed by atoms with Crippen LogP contribution >= 0.6 is 0 Å². The van der Waals surface area contributed by atoms with Gasteiger partial charge in [-0.05, 0) is 33.1 Å². The molecule has 2 atom stereocenters. The number of aryl methyl sites for hydroxylation is 1. The first kappa shape index (κ1) is 14.9. The predicted molar refractivity (Wildman–Crippen MR) is 83.2 cm³/mol. The topological polar surface area (TPSA) is 47.0 Å². The van der Waals surface area contributed by atoms with Crippen molar-refractivity contribution in [3.8, 4) is 0 Å². The molecular formula is C17H27N3O. The first-order valence-electron chi connectivity index (χ1n) is 8.38. The van der Waals surface area contributed by atoms with E-state index in [2.05, 4.69) is 22.2 Å². The van der Waals surface area contributed by atoms with Crippen molar-refractivity contribution in [2.75, 3.05) is 13.2 Å². The summed E-state index contributed by atoms with van der Waals surface area (Å²) in [4.78, 5) is 8.73. The fourth-order valence-corrected chi connectivity index (χ4v) is 4.22. The summed E-state index contributed by atoms with van der Waals surface area (Å²) in [5.74, 6) is 0. The number of rotatable bonds is 6. The second kappa shape index (κ2) is 6.41. The van der Waals surface area contributed by atoms with Gasteiger partial charge in [0.15, 0.2) is 0 Å². The molecular weight excluding hydrogens is 262 g/mol. The number of ether oxygens (including phenoxy) is 1. The fraction of sp³-hybridized carbons (Fsp3) is 0.765. The van der Waals surface area contributed by atoms with Crippen LogP contribution in [-0.4, -0.2) is 35.3 Å². The van der Waals surface area contributed by atoms with Gasteiger partial charge in [-0.3, -0.25) is 9.97 Å². The summed E-state index contributed by atoms with van der Waals surface area (Å²) in [6.07, 6.45) is 11.6. The van der Waals surface area contributed by atoms with Gasteiger partial charge in [-0.2, -0.15) is 0 Å². The molecule has 1 spiro atoms. The van der Waals surface area contributed by atoms with Crippen LogP contribution in [0.25, 0.3) is 0 Å². The van der Waals surface area contributed by atoms with Crippen molar-refractivity contribution in [3.05, 3.63) is 23.8 Å². The van der Waals surface area contributed by atoms with Crippen molar-refractivity contribution in [3.63, 3.8) is 0 Å². The Morgan fingerprint density at radius 3 is 2.76 bits per heavy atom. The monoisotopic (exact) mass is 289 g/mol. The molecule has 1 heterocycles. The Bertz CT molecular complexity index is 471. The Labute approximate surface area is 127 Å². The molecule has 0 aromatic carbocycles. The largest absolute Gasteiger partial charge is 0.378 e. The number of hydrogen-bond donors (Lipinski definition) is 1. The van der Waals surface area contributed by atoms with Crippen molar-refractivity contribution < 1.29 is 4.74 Å². The third-order valence-electron chi connectivity index (χ3n) is 5.42. The molecule has 1 aromatic rings. The first-order valence-corrected chi connectivity index (χ1v) is 8.38. The average molecular weight is 289 g/mol. The van der Waals surface area contributed by atoms with E-state index in [9.17, 15) is 0 Å². The van der Waals surface area contributed by atoms with E-state index in [0.29, 0.717) is 17.6 Å². The maximum absolute atomic E-state index is 5.97. The van der Waals surface area contributed by atoms with E-state index in [4.69, 9.17) is 4.74 Å². The SMILES string of the molecule is CCOC1CC(NCCc2nccnc2C)C12CCCC2. The molecule has 2 fully saturated rings. The zero-order valence-corrected chi connectivity index (χ0v) is 13.3. The van der Waals surface area contributed by atoms with Crippen molar-refractivity contribution >= 4 is 0 Å². The summed E-state index contributed by atoms with van der Waals surface area (Å²) in [7, 11) is 0. The summed E-state index contributed by atoms with van der Waals surface area (Å²) >= 11 is 0. The van der Waals surface area contributed by atoms with Crippen LogP contribution in [0.4, 0.5) is 0 Å². The van der Waals surface area contributed by atoms with Crippen molar-refractivity contribution in [1.82, 2.24) is 15.3 Å². The van der Waals surface area contributed by atoms with E-state index >= 15 is 0 Å². The highest BCUT2D eigenvalue weighted by Crippen LogP contribution is 2.54. The molecule has 2 aliphatic rings. The van der Waals surface area contributed by atoms with Gasteiger partial charge in [0.05, 0.1) is 17.5 Å². The minimum atomic E-state index is 0.424. The molecule has 2 aliphatic carbocycles. The zero-order valence-electron chi connectivity index (χ0n) is 13.3. The van der Waals surface area contributed by atoms with Gasteiger partial charge in [0, 0.05) is 43.4 Å². The third kappa shape index (κ3) is 2.84. The van der Waals surface area contributed by atoms with Crippen LogP contribution in [0.1, 0.15) is 50.4 Å². The van der Waals surface area contributed by atoms with Crippen molar-refractivity contribution in [2.45, 2.75) is 64.5 Å². The van der Waals surface area contributed by atoms with Crippen LogP contribution in [-0.2, 0) is 11.2 Å². The van der Waals surface area contributed by atoms with E-state index in [0.717, 1.165) is 31.0 Å². The molecule has 1 aromatic heterocycles. The normalized spacial score (nSPS) is 27.0. The quantitative estimate of drug-likeness (QED) is 0.874. The standard InChI is InChI=1S/C17H27N3O/c1-3-21-16-12-15(17(16)7-4-5-8-17)20-9-6-14-13(2)18-10-11-19-14/h10-11,15-16,20H,3-9,12H2,1-2H3. The van der Waals surface area contributed by atoms with Gasteiger partial charge in [0.2, 0.25) is 0 Å². The van der Waals surface area contributed by atoms with E-state index in [1.807, 2.05) is 6.92 Å². The number of nitrogens with zero attached hydrogens (tertiary/aromatic N) is 2. The lowest BCUT2D eigenvalue weighted by atomic mass is 9.60. The Hall–Kier alpha value is -1.00. The Balaban J connectivity index is 1.53. The predicted octanol–water partition coefficient (Wildman–Crippen LogP) is 2.65. The summed E-state index contributed by atoms with van der Waals surface area (Å²) in [6, 6.07) is 0.633. The summed E-state index contributed by atoms with van der Waals surface area (Å²) < 4.78 is 5.97. The molecule has 2 saturated carbocycles. The molecule has 0 amide bonds. The van der Waals surface area contributed by atoms with Gasteiger partial charge in [0.1, 0.15) is 0 Å². The highest BCUT2D eigenvalue weighted by Gasteiger charge is 2.56. The Morgan fingerprint density at radius 1 is 1.29 bits per heavy atom. The van der Waals surface area contributed by atoms with E-state index in [1.165, 1.54) is 32.1 Å². The molecule has 0 saturated heterocycles. The molecule has 1 N–H and O–H groups in total. The van der Waals surface area contributed by atoms with Gasteiger partial charge in [-0.15, -0.1) is 0 Å². The summed E-state index contributed by atoms with van der Waals surface area (Å²) in [6.45, 7) is 5.98. The van der Waals surface area contributed by atoms with Crippen molar-refractivity contribution in [1.29, 1.82) is 0 Å². The molecule has 3 rings (SSSR count). The van der Waals surface area contributed by atoms with Gasteiger partial charge in [0.25, 0.3) is 0 Å².